The van der Waals surface area contributed by atoms with E-state index in [9.17, 15) is 4.79 Å². The Morgan fingerprint density at radius 2 is 2.00 bits per heavy atom. The molecule has 0 spiro atoms. The zero-order chi connectivity index (χ0) is 18.5. The van der Waals surface area contributed by atoms with Crippen molar-refractivity contribution in [2.75, 3.05) is 20.8 Å². The van der Waals surface area contributed by atoms with Gasteiger partial charge in [-0.1, -0.05) is 29.8 Å². The summed E-state index contributed by atoms with van der Waals surface area (Å²) >= 11 is 0. The fourth-order valence-electron chi connectivity index (χ4n) is 3.48. The van der Waals surface area contributed by atoms with Crippen LogP contribution in [0, 0.1) is 6.92 Å². The first-order valence-corrected chi connectivity index (χ1v) is 8.89. The molecule has 1 unspecified atom stereocenters. The third-order valence-electron chi connectivity index (χ3n) is 4.80. The minimum absolute atomic E-state index is 0.0329. The van der Waals surface area contributed by atoms with Crippen LogP contribution in [-0.4, -0.2) is 31.6 Å². The molecule has 0 radical (unpaired) electrons. The first-order chi connectivity index (χ1) is 12.6. The average molecular weight is 351 g/mol. The summed E-state index contributed by atoms with van der Waals surface area (Å²) in [5, 5.41) is 0. The quantitative estimate of drug-likeness (QED) is 0.750. The van der Waals surface area contributed by atoms with Crippen LogP contribution in [0.4, 0.5) is 0 Å². The average Bonchev–Trinajstić information content (AvgIpc) is 3.15. The summed E-state index contributed by atoms with van der Waals surface area (Å²) < 4.78 is 10.8. The molecule has 1 amide bonds. The summed E-state index contributed by atoms with van der Waals surface area (Å²) in [4.78, 5) is 14.7. The molecular weight excluding hydrogens is 326 g/mol. The van der Waals surface area contributed by atoms with Gasteiger partial charge < -0.3 is 14.4 Å². The Morgan fingerprint density at radius 3 is 2.73 bits per heavy atom. The maximum atomic E-state index is 12.8. The maximum absolute atomic E-state index is 12.8. The number of hydrogen-bond donors (Lipinski definition) is 0. The Bertz CT molecular complexity index is 813. The lowest BCUT2D eigenvalue weighted by molar-refractivity contribution is -0.126. The van der Waals surface area contributed by atoms with Crippen LogP contribution in [0.1, 0.15) is 35.6 Å². The van der Waals surface area contributed by atoms with E-state index < -0.39 is 0 Å². The Hall–Kier alpha value is -2.75. The van der Waals surface area contributed by atoms with E-state index in [0.29, 0.717) is 0 Å². The summed E-state index contributed by atoms with van der Waals surface area (Å²) in [6, 6.07) is 13.9. The Balaban J connectivity index is 1.80. The monoisotopic (exact) mass is 351 g/mol. The molecule has 1 saturated heterocycles. The van der Waals surface area contributed by atoms with Crippen molar-refractivity contribution in [3.05, 3.63) is 65.2 Å². The lowest BCUT2D eigenvalue weighted by Gasteiger charge is -2.25. The molecule has 4 heteroatoms. The molecule has 0 aromatic heterocycles. The van der Waals surface area contributed by atoms with Crippen molar-refractivity contribution in [1.82, 2.24) is 4.90 Å². The number of ether oxygens (including phenoxy) is 2. The van der Waals surface area contributed by atoms with Gasteiger partial charge in [0.15, 0.2) is 0 Å². The number of carbonyl (C=O) groups is 1. The van der Waals surface area contributed by atoms with Crippen molar-refractivity contribution in [3.8, 4) is 11.5 Å². The van der Waals surface area contributed by atoms with Crippen LogP contribution >= 0.6 is 0 Å². The van der Waals surface area contributed by atoms with Gasteiger partial charge in [-0.05, 0) is 43.5 Å². The fraction of sp³-hybridized carbons (Fsp3) is 0.318. The fourth-order valence-corrected chi connectivity index (χ4v) is 3.48. The molecule has 0 bridgehead atoms. The van der Waals surface area contributed by atoms with Crippen LogP contribution in [-0.2, 0) is 4.79 Å². The predicted molar refractivity (Wildman–Crippen MR) is 103 cm³/mol. The number of benzene rings is 2. The van der Waals surface area contributed by atoms with E-state index in [1.165, 1.54) is 5.56 Å². The van der Waals surface area contributed by atoms with Gasteiger partial charge in [0.1, 0.15) is 11.5 Å². The molecule has 0 saturated carbocycles. The molecule has 1 aliphatic heterocycles. The van der Waals surface area contributed by atoms with Crippen LogP contribution in [0.3, 0.4) is 0 Å². The van der Waals surface area contributed by atoms with Gasteiger partial charge >= 0.3 is 0 Å². The second-order valence-corrected chi connectivity index (χ2v) is 6.55. The van der Waals surface area contributed by atoms with Crippen molar-refractivity contribution in [2.24, 2.45) is 0 Å². The molecule has 1 fully saturated rings. The first kappa shape index (κ1) is 18.1. The first-order valence-electron chi connectivity index (χ1n) is 8.89. The zero-order valence-electron chi connectivity index (χ0n) is 15.6. The zero-order valence-corrected chi connectivity index (χ0v) is 15.6. The topological polar surface area (TPSA) is 38.8 Å². The summed E-state index contributed by atoms with van der Waals surface area (Å²) in [5.41, 5.74) is 3.25. The van der Waals surface area contributed by atoms with Crippen molar-refractivity contribution < 1.29 is 14.3 Å². The van der Waals surface area contributed by atoms with Gasteiger partial charge in [0.25, 0.3) is 0 Å². The highest BCUT2D eigenvalue weighted by molar-refractivity contribution is 5.92. The van der Waals surface area contributed by atoms with Gasteiger partial charge in [0.05, 0.1) is 20.3 Å². The summed E-state index contributed by atoms with van der Waals surface area (Å²) in [6.07, 6.45) is 5.48. The molecule has 0 aliphatic carbocycles. The number of nitrogens with zero attached hydrogens (tertiary/aromatic N) is 1. The second kappa shape index (κ2) is 8.09. The molecule has 1 atom stereocenters. The Kier molecular flexibility index (Phi) is 5.61. The Labute approximate surface area is 155 Å². The minimum Gasteiger partial charge on any atom is -0.497 e. The van der Waals surface area contributed by atoms with Crippen molar-refractivity contribution in [3.63, 3.8) is 0 Å². The lowest BCUT2D eigenvalue weighted by atomic mass is 10.0. The smallest absolute Gasteiger partial charge is 0.247 e. The summed E-state index contributed by atoms with van der Waals surface area (Å²) in [6.45, 7) is 2.81. The number of methoxy groups -OCH3 is 2. The SMILES string of the molecule is COc1ccc(C2CCCN2C(=O)C=Cc2cccc(C)c2)c(OC)c1. The van der Waals surface area contributed by atoms with Crippen molar-refractivity contribution in [1.29, 1.82) is 0 Å². The molecule has 26 heavy (non-hydrogen) atoms. The van der Waals surface area contributed by atoms with E-state index in [1.54, 1.807) is 20.3 Å². The molecular formula is C22H25NO3. The molecule has 3 rings (SSSR count). The van der Waals surface area contributed by atoms with Gasteiger partial charge in [-0.15, -0.1) is 0 Å². The van der Waals surface area contributed by atoms with Gasteiger partial charge in [-0.2, -0.15) is 0 Å². The highest BCUT2D eigenvalue weighted by Gasteiger charge is 2.30. The van der Waals surface area contributed by atoms with Gasteiger partial charge in [0, 0.05) is 24.3 Å². The highest BCUT2D eigenvalue weighted by Crippen LogP contribution is 2.38. The van der Waals surface area contributed by atoms with Crippen LogP contribution in [0.15, 0.2) is 48.5 Å². The van der Waals surface area contributed by atoms with E-state index in [-0.39, 0.29) is 11.9 Å². The molecule has 2 aromatic rings. The maximum Gasteiger partial charge on any atom is 0.247 e. The number of hydrogen-bond acceptors (Lipinski definition) is 3. The number of likely N-dealkylation sites (tertiary alicyclic amines) is 1. The largest absolute Gasteiger partial charge is 0.497 e. The summed E-state index contributed by atoms with van der Waals surface area (Å²) in [7, 11) is 3.28. The van der Waals surface area contributed by atoms with E-state index in [0.717, 1.165) is 42.0 Å². The highest BCUT2D eigenvalue weighted by atomic mass is 16.5. The third kappa shape index (κ3) is 3.90. The van der Waals surface area contributed by atoms with Crippen LogP contribution in [0.5, 0.6) is 11.5 Å². The van der Waals surface area contributed by atoms with Crippen molar-refractivity contribution >= 4 is 12.0 Å². The van der Waals surface area contributed by atoms with Gasteiger partial charge in [0.2, 0.25) is 5.91 Å². The number of rotatable bonds is 5. The summed E-state index contributed by atoms with van der Waals surface area (Å²) in [5.74, 6) is 1.55. The minimum atomic E-state index is 0.0329. The molecule has 136 valence electrons. The number of carbonyl (C=O) groups excluding carboxylic acids is 1. The third-order valence-corrected chi connectivity index (χ3v) is 4.80. The van der Waals surface area contributed by atoms with E-state index in [1.807, 2.05) is 54.3 Å². The van der Waals surface area contributed by atoms with Gasteiger partial charge in [-0.25, -0.2) is 0 Å². The molecule has 1 heterocycles. The Morgan fingerprint density at radius 1 is 1.15 bits per heavy atom. The lowest BCUT2D eigenvalue weighted by Crippen LogP contribution is -2.29. The van der Waals surface area contributed by atoms with Gasteiger partial charge in [-0.3, -0.25) is 4.79 Å². The second-order valence-electron chi connectivity index (χ2n) is 6.55. The number of amides is 1. The van der Waals surface area contributed by atoms with Crippen molar-refractivity contribution in [2.45, 2.75) is 25.8 Å². The van der Waals surface area contributed by atoms with Crippen LogP contribution in [0.25, 0.3) is 6.08 Å². The standard InChI is InChI=1S/C22H25NO3/c1-16-6-4-7-17(14-16)9-12-22(24)23-13-5-8-20(23)19-11-10-18(25-2)15-21(19)26-3/h4,6-7,9-12,14-15,20H,5,8,13H2,1-3H3. The molecule has 1 aliphatic rings. The van der Waals surface area contributed by atoms with E-state index in [2.05, 4.69) is 6.07 Å². The number of aryl methyl sites for hydroxylation is 1. The van der Waals surface area contributed by atoms with Crippen LogP contribution < -0.4 is 9.47 Å². The molecule has 4 nitrogen and oxygen atoms in total. The van der Waals surface area contributed by atoms with E-state index in [4.69, 9.17) is 9.47 Å². The molecule has 2 aromatic carbocycles. The van der Waals surface area contributed by atoms with E-state index >= 15 is 0 Å². The molecule has 0 N–H and O–H groups in total. The predicted octanol–water partition coefficient (Wildman–Crippen LogP) is 4.39. The van der Waals surface area contributed by atoms with Crippen LogP contribution in [0.2, 0.25) is 0 Å². The normalized spacial score (nSPS) is 16.9.